The molecule has 3 aromatic carbocycles. The Hall–Kier alpha value is -4.83. The number of hydrogen-bond acceptors (Lipinski definition) is 7. The lowest BCUT2D eigenvalue weighted by atomic mass is 9.98. The molecule has 4 N–H and O–H groups in total. The van der Waals surface area contributed by atoms with Crippen LogP contribution < -0.4 is 17.2 Å². The number of ether oxygens (including phenoxy) is 1. The van der Waals surface area contributed by atoms with Gasteiger partial charge in [0.2, 0.25) is 0 Å². The number of nitrogens with one attached hydrogen (secondary N) is 2. The van der Waals surface area contributed by atoms with E-state index in [-0.39, 0.29) is 54.2 Å². The number of carbonyl (C=O) groups is 1. The second-order valence-corrected chi connectivity index (χ2v) is 8.38. The van der Waals surface area contributed by atoms with E-state index in [4.69, 9.17) is 24.7 Å². The lowest BCUT2D eigenvalue weighted by Gasteiger charge is -2.11. The molecule has 0 spiro atoms. The van der Waals surface area contributed by atoms with Gasteiger partial charge in [-0.25, -0.2) is 14.4 Å². The number of carbonyl (C=O) groups excluding carboxylic acids is 1. The van der Waals surface area contributed by atoms with E-state index in [1.807, 2.05) is 42.5 Å². The van der Waals surface area contributed by atoms with Crippen LogP contribution in [0.3, 0.4) is 0 Å². The largest absolute Gasteiger partial charge is 0.519 e. The molecule has 0 aliphatic carbocycles. The van der Waals surface area contributed by atoms with Crippen molar-refractivity contribution < 1.29 is 18.4 Å². The average Bonchev–Trinajstić information content (AvgIpc) is 3.39. The molecule has 0 bridgehead atoms. The minimum Gasteiger partial charge on any atom is -0.454 e. The van der Waals surface area contributed by atoms with Gasteiger partial charge in [-0.05, 0) is 35.7 Å². The maximum absolute atomic E-state index is 12.9. The van der Waals surface area contributed by atoms with Crippen molar-refractivity contribution in [3.63, 3.8) is 0 Å². The molecule has 5 rings (SSSR count). The molecule has 0 radical (unpaired) electrons. The first-order valence-electron chi connectivity index (χ1n) is 11.3. The summed E-state index contributed by atoms with van der Waals surface area (Å²) in [6, 6.07) is 19.8. The maximum Gasteiger partial charge on any atom is 0.519 e. The molecular weight excluding hydrogens is 512 g/mol. The normalized spacial score (nSPS) is 10.8. The summed E-state index contributed by atoms with van der Waals surface area (Å²) in [5.74, 6) is -1.24. The molecule has 0 aliphatic heterocycles. The highest BCUT2D eigenvalue weighted by atomic mass is 35.5. The first kappa shape index (κ1) is 26.2. The van der Waals surface area contributed by atoms with Gasteiger partial charge < -0.3 is 24.3 Å². The summed E-state index contributed by atoms with van der Waals surface area (Å²) < 4.78 is 16.5. The molecule has 194 valence electrons. The van der Waals surface area contributed by atoms with Crippen molar-refractivity contribution >= 4 is 35.2 Å². The number of para-hydroxylation sites is 1. The van der Waals surface area contributed by atoms with Gasteiger partial charge in [-0.1, -0.05) is 54.6 Å². The van der Waals surface area contributed by atoms with Crippen molar-refractivity contribution in [1.82, 2.24) is 9.55 Å². The Morgan fingerprint density at radius 3 is 2.39 bits per heavy atom. The topological polar surface area (TPSA) is 157 Å². The molecule has 0 amide bonds. The molecule has 2 heterocycles. The summed E-state index contributed by atoms with van der Waals surface area (Å²) in [5.41, 5.74) is 9.59. The second-order valence-electron chi connectivity index (χ2n) is 8.38. The third-order valence-electron chi connectivity index (χ3n) is 6.01. The highest BCUT2D eigenvalue weighted by Crippen LogP contribution is 2.25. The lowest BCUT2D eigenvalue weighted by Crippen LogP contribution is -2.18. The van der Waals surface area contributed by atoms with Crippen LogP contribution in [0, 0.1) is 12.3 Å². The Morgan fingerprint density at radius 2 is 1.71 bits per heavy atom. The van der Waals surface area contributed by atoms with Crippen LogP contribution in [0.4, 0.5) is 0 Å². The van der Waals surface area contributed by atoms with Gasteiger partial charge in [0.05, 0.1) is 23.1 Å². The number of amidine groups is 1. The number of aromatic amines is 1. The number of rotatable bonds is 7. The fourth-order valence-electron chi connectivity index (χ4n) is 4.19. The first-order valence-corrected chi connectivity index (χ1v) is 11.3. The van der Waals surface area contributed by atoms with E-state index < -0.39 is 11.8 Å². The quantitative estimate of drug-likeness (QED) is 0.162. The number of nitrogens with two attached hydrogens (primary N) is 1. The van der Waals surface area contributed by atoms with E-state index in [1.54, 1.807) is 24.3 Å². The number of aromatic nitrogens is 2. The van der Waals surface area contributed by atoms with Gasteiger partial charge in [0.1, 0.15) is 5.84 Å². The number of aryl methyl sites for hydroxylation is 1. The van der Waals surface area contributed by atoms with E-state index in [9.17, 15) is 14.4 Å². The zero-order chi connectivity index (χ0) is 26.1. The second kappa shape index (κ2) is 10.7. The van der Waals surface area contributed by atoms with Crippen molar-refractivity contribution in [2.24, 2.45) is 5.73 Å². The molecule has 5 aromatic rings. The minimum atomic E-state index is -0.874. The van der Waals surface area contributed by atoms with Crippen LogP contribution in [-0.4, -0.2) is 21.4 Å². The summed E-state index contributed by atoms with van der Waals surface area (Å²) >= 11 is 0. The van der Waals surface area contributed by atoms with E-state index in [1.165, 1.54) is 11.5 Å². The van der Waals surface area contributed by atoms with E-state index in [0.29, 0.717) is 16.6 Å². The highest BCUT2D eigenvalue weighted by molar-refractivity contribution is 6.02. The van der Waals surface area contributed by atoms with Crippen LogP contribution in [0.1, 0.15) is 33.0 Å². The summed E-state index contributed by atoms with van der Waals surface area (Å²) in [4.78, 5) is 39.7. The van der Waals surface area contributed by atoms with Crippen LogP contribution >= 0.6 is 12.4 Å². The summed E-state index contributed by atoms with van der Waals surface area (Å²) in [5, 5.41) is 7.82. The number of esters is 1. The van der Waals surface area contributed by atoms with Crippen LogP contribution in [0.2, 0.25) is 0 Å². The Kier molecular flexibility index (Phi) is 7.35. The molecule has 38 heavy (non-hydrogen) atoms. The number of imidazole rings is 1. The van der Waals surface area contributed by atoms with Crippen LogP contribution in [0.25, 0.3) is 22.2 Å². The van der Waals surface area contributed by atoms with Gasteiger partial charge in [0.25, 0.3) is 0 Å². The third-order valence-corrected chi connectivity index (χ3v) is 6.01. The van der Waals surface area contributed by atoms with E-state index in [2.05, 4.69) is 4.98 Å². The fraction of sp³-hybridized carbons (Fsp3) is 0.111. The lowest BCUT2D eigenvalue weighted by molar-refractivity contribution is 0.0444. The Morgan fingerprint density at radius 1 is 1.00 bits per heavy atom. The monoisotopic (exact) mass is 534 g/mol. The first-order chi connectivity index (χ1) is 17.8. The molecule has 0 unspecified atom stereocenters. The van der Waals surface area contributed by atoms with E-state index >= 15 is 0 Å². The molecular formula is C27H23ClN4O6. The third kappa shape index (κ3) is 5.02. The van der Waals surface area contributed by atoms with Gasteiger partial charge in [0, 0.05) is 5.56 Å². The number of nitrogens with zero attached hydrogens (tertiary/aromatic N) is 1. The van der Waals surface area contributed by atoms with Gasteiger partial charge >= 0.3 is 17.5 Å². The average molecular weight is 535 g/mol. The van der Waals surface area contributed by atoms with Crippen LogP contribution in [0.15, 0.2) is 85.2 Å². The van der Waals surface area contributed by atoms with Crippen LogP contribution in [-0.2, 0) is 17.9 Å². The van der Waals surface area contributed by atoms with Crippen molar-refractivity contribution in [3.8, 4) is 11.1 Å². The van der Waals surface area contributed by atoms with Crippen molar-refractivity contribution in [1.29, 1.82) is 5.41 Å². The molecule has 0 atom stereocenters. The predicted octanol–water partition coefficient (Wildman–Crippen LogP) is 3.96. The number of halogens is 1. The molecule has 10 nitrogen and oxygen atoms in total. The van der Waals surface area contributed by atoms with Crippen LogP contribution in [0.5, 0.6) is 0 Å². The number of H-pyrrole nitrogens is 1. The molecule has 0 fully saturated rings. The molecule has 0 saturated carbocycles. The highest BCUT2D eigenvalue weighted by Gasteiger charge is 2.19. The van der Waals surface area contributed by atoms with Crippen molar-refractivity contribution in [2.75, 3.05) is 0 Å². The molecule has 0 saturated heterocycles. The van der Waals surface area contributed by atoms with Crippen molar-refractivity contribution in [2.45, 2.75) is 20.1 Å². The van der Waals surface area contributed by atoms with Gasteiger partial charge in [-0.2, -0.15) is 0 Å². The SMILES string of the molecule is Cc1oc(=O)oc1COC(=O)c1cccc2[nH]c(=O)n(Cc3ccc(-c4ccccc4C(=N)N)cc3)c12.Cl. The minimum absolute atomic E-state index is 0. The summed E-state index contributed by atoms with van der Waals surface area (Å²) in [6.45, 7) is 1.45. The zero-order valence-corrected chi connectivity index (χ0v) is 21.0. The summed E-state index contributed by atoms with van der Waals surface area (Å²) in [6.07, 6.45) is 0. The zero-order valence-electron chi connectivity index (χ0n) is 20.1. The number of benzene rings is 3. The number of hydrogen-bond donors (Lipinski definition) is 3. The molecule has 0 aliphatic rings. The Balaban J connectivity index is 0.00000336. The standard InChI is InChI=1S/C27H22N4O6.ClH/c1-15-22(37-27(34)36-15)14-35-25(32)20-7-4-8-21-23(20)31(26(33)30-21)13-16-9-11-17(12-10-16)18-5-2-3-6-19(18)24(28)29;/h2-12H,13-14H2,1H3,(H3,28,29)(H,30,33);1H. The fourth-order valence-corrected chi connectivity index (χ4v) is 4.19. The molecule has 11 heteroatoms. The Bertz CT molecular complexity index is 1760. The van der Waals surface area contributed by atoms with Gasteiger partial charge in [-0.3, -0.25) is 9.98 Å². The maximum atomic E-state index is 12.9. The van der Waals surface area contributed by atoms with E-state index in [0.717, 1.165) is 16.7 Å². The number of nitrogen functional groups attached to an aromatic ring is 1. The molecule has 2 aromatic heterocycles. The smallest absolute Gasteiger partial charge is 0.454 e. The Labute approximate surface area is 221 Å². The van der Waals surface area contributed by atoms with Gasteiger partial charge in [0.15, 0.2) is 18.1 Å². The predicted molar refractivity (Wildman–Crippen MR) is 143 cm³/mol. The van der Waals surface area contributed by atoms with Crippen molar-refractivity contribution in [3.05, 3.63) is 116 Å². The van der Waals surface area contributed by atoms with Gasteiger partial charge in [-0.15, -0.1) is 12.4 Å². The summed E-state index contributed by atoms with van der Waals surface area (Å²) in [7, 11) is 0. The number of fused-ring (bicyclic) bond motifs is 1.